The molecule has 0 unspecified atom stereocenters. The number of carbonyl (C=O) groups excluding carboxylic acids is 1. The molecule has 1 amide bonds. The van der Waals surface area contributed by atoms with Crippen molar-refractivity contribution in [3.63, 3.8) is 0 Å². The summed E-state index contributed by atoms with van der Waals surface area (Å²) in [5, 5.41) is 16.9. The molecule has 27 heavy (non-hydrogen) atoms. The molecule has 5 heteroatoms. The third kappa shape index (κ3) is 3.48. The number of rotatable bonds is 4. The van der Waals surface area contributed by atoms with Crippen LogP contribution in [0.25, 0.3) is 21.7 Å². The van der Waals surface area contributed by atoms with Crippen LogP contribution in [-0.2, 0) is 11.2 Å². The summed E-state index contributed by atoms with van der Waals surface area (Å²) in [5.74, 6) is -0.0773. The van der Waals surface area contributed by atoms with Crippen molar-refractivity contribution in [3.8, 4) is 5.75 Å². The van der Waals surface area contributed by atoms with Crippen molar-refractivity contribution in [2.75, 3.05) is 0 Å². The van der Waals surface area contributed by atoms with Gasteiger partial charge in [0.05, 0.1) is 12.6 Å². The first kappa shape index (κ1) is 16.7. The maximum absolute atomic E-state index is 12.3. The lowest BCUT2D eigenvalue weighted by molar-refractivity contribution is -0.120. The van der Waals surface area contributed by atoms with E-state index in [9.17, 15) is 9.90 Å². The first-order valence-corrected chi connectivity index (χ1v) is 8.57. The standard InChI is InChI=1S/C22H17N3O2/c26-20-11-10-17(19-9-4-12-23-22(19)20)14-24-25-21(27)13-16-7-3-6-15-5-1-2-8-18(15)16/h1-12,14,26H,13H2,(H,25,27)/b24-14+. The van der Waals surface area contributed by atoms with Crippen LogP contribution in [-0.4, -0.2) is 22.2 Å². The molecule has 0 aliphatic carbocycles. The van der Waals surface area contributed by atoms with Gasteiger partial charge in [0.2, 0.25) is 5.91 Å². The predicted molar refractivity (Wildman–Crippen MR) is 107 cm³/mol. The van der Waals surface area contributed by atoms with E-state index in [1.54, 1.807) is 30.6 Å². The lowest BCUT2D eigenvalue weighted by Crippen LogP contribution is -2.19. The van der Waals surface area contributed by atoms with Crippen molar-refractivity contribution in [1.29, 1.82) is 0 Å². The maximum atomic E-state index is 12.3. The number of phenols is 1. The second-order valence-electron chi connectivity index (χ2n) is 6.18. The minimum atomic E-state index is -0.191. The summed E-state index contributed by atoms with van der Waals surface area (Å²) in [6, 6.07) is 20.8. The Morgan fingerprint density at radius 1 is 1.00 bits per heavy atom. The molecule has 3 aromatic carbocycles. The third-order valence-electron chi connectivity index (χ3n) is 4.41. The van der Waals surface area contributed by atoms with Gasteiger partial charge in [-0.05, 0) is 34.5 Å². The Kier molecular flexibility index (Phi) is 4.49. The monoisotopic (exact) mass is 355 g/mol. The molecule has 0 atom stereocenters. The molecule has 0 radical (unpaired) electrons. The molecular weight excluding hydrogens is 338 g/mol. The van der Waals surface area contributed by atoms with Crippen molar-refractivity contribution in [2.45, 2.75) is 6.42 Å². The van der Waals surface area contributed by atoms with Crippen LogP contribution in [0.3, 0.4) is 0 Å². The molecular formula is C22H17N3O2. The van der Waals surface area contributed by atoms with Crippen LogP contribution in [0.2, 0.25) is 0 Å². The smallest absolute Gasteiger partial charge is 0.244 e. The summed E-state index contributed by atoms with van der Waals surface area (Å²) >= 11 is 0. The van der Waals surface area contributed by atoms with Crippen molar-refractivity contribution >= 4 is 33.8 Å². The van der Waals surface area contributed by atoms with Gasteiger partial charge in [0.25, 0.3) is 0 Å². The number of benzene rings is 3. The fraction of sp³-hybridized carbons (Fsp3) is 0.0455. The summed E-state index contributed by atoms with van der Waals surface area (Å²) in [7, 11) is 0. The zero-order valence-corrected chi connectivity index (χ0v) is 14.5. The summed E-state index contributed by atoms with van der Waals surface area (Å²) in [6.07, 6.45) is 3.43. The summed E-state index contributed by atoms with van der Waals surface area (Å²) < 4.78 is 0. The molecule has 0 fully saturated rings. The Balaban J connectivity index is 1.50. The van der Waals surface area contributed by atoms with Crippen molar-refractivity contribution in [2.24, 2.45) is 5.10 Å². The summed E-state index contributed by atoms with van der Waals surface area (Å²) in [4.78, 5) is 16.5. The highest BCUT2D eigenvalue weighted by molar-refractivity contribution is 6.00. The van der Waals surface area contributed by atoms with Crippen LogP contribution in [0.5, 0.6) is 5.75 Å². The summed E-state index contributed by atoms with van der Waals surface area (Å²) in [5.41, 5.74) is 4.80. The number of hydrogen-bond donors (Lipinski definition) is 2. The number of pyridine rings is 1. The Bertz CT molecular complexity index is 1160. The van der Waals surface area contributed by atoms with E-state index in [4.69, 9.17) is 0 Å². The highest BCUT2D eigenvalue weighted by Crippen LogP contribution is 2.24. The highest BCUT2D eigenvalue weighted by atomic mass is 16.3. The van der Waals surface area contributed by atoms with Gasteiger partial charge in [-0.3, -0.25) is 9.78 Å². The van der Waals surface area contributed by atoms with Crippen molar-refractivity contribution in [3.05, 3.63) is 84.1 Å². The molecule has 2 N–H and O–H groups in total. The Labute approximate surface area is 156 Å². The van der Waals surface area contributed by atoms with E-state index < -0.39 is 0 Å². The number of aromatic nitrogens is 1. The first-order valence-electron chi connectivity index (χ1n) is 8.57. The van der Waals surface area contributed by atoms with Crippen LogP contribution < -0.4 is 5.43 Å². The molecule has 0 saturated heterocycles. The van der Waals surface area contributed by atoms with E-state index in [0.717, 1.165) is 27.3 Å². The zero-order valence-electron chi connectivity index (χ0n) is 14.5. The maximum Gasteiger partial charge on any atom is 0.244 e. The molecule has 4 rings (SSSR count). The number of carbonyl (C=O) groups is 1. The Morgan fingerprint density at radius 2 is 1.81 bits per heavy atom. The quantitative estimate of drug-likeness (QED) is 0.432. The third-order valence-corrected chi connectivity index (χ3v) is 4.41. The molecule has 1 heterocycles. The van der Waals surface area contributed by atoms with Gasteiger partial charge < -0.3 is 5.11 Å². The van der Waals surface area contributed by atoms with E-state index in [1.807, 2.05) is 48.5 Å². The number of nitrogens with zero attached hydrogens (tertiary/aromatic N) is 2. The fourth-order valence-corrected chi connectivity index (χ4v) is 3.13. The van der Waals surface area contributed by atoms with Gasteiger partial charge in [0.15, 0.2) is 0 Å². The first-order chi connectivity index (χ1) is 13.2. The van der Waals surface area contributed by atoms with Crippen LogP contribution in [0.1, 0.15) is 11.1 Å². The van der Waals surface area contributed by atoms with Crippen LogP contribution in [0.15, 0.2) is 78.0 Å². The number of amides is 1. The molecule has 5 nitrogen and oxygen atoms in total. The van der Waals surface area contributed by atoms with Gasteiger partial charge in [0.1, 0.15) is 11.3 Å². The SMILES string of the molecule is O=C(Cc1cccc2ccccc12)N/N=C/c1ccc(O)c2ncccc12. The van der Waals surface area contributed by atoms with E-state index >= 15 is 0 Å². The molecule has 132 valence electrons. The van der Waals surface area contributed by atoms with Crippen LogP contribution in [0, 0.1) is 0 Å². The molecule has 0 aliphatic rings. The average molecular weight is 355 g/mol. The minimum absolute atomic E-state index is 0.114. The highest BCUT2D eigenvalue weighted by Gasteiger charge is 2.07. The van der Waals surface area contributed by atoms with Gasteiger partial charge in [-0.1, -0.05) is 48.5 Å². The number of hydrogen-bond acceptors (Lipinski definition) is 4. The van der Waals surface area contributed by atoms with E-state index in [1.165, 1.54) is 0 Å². The molecule has 4 aromatic rings. The average Bonchev–Trinajstić information content (AvgIpc) is 2.70. The van der Waals surface area contributed by atoms with Gasteiger partial charge >= 0.3 is 0 Å². The second kappa shape index (κ2) is 7.25. The van der Waals surface area contributed by atoms with Crippen molar-refractivity contribution < 1.29 is 9.90 Å². The summed E-state index contributed by atoms with van der Waals surface area (Å²) in [6.45, 7) is 0. The van der Waals surface area contributed by atoms with Gasteiger partial charge in [-0.25, -0.2) is 5.43 Å². The number of phenolic OH excluding ortho intramolecular Hbond substituents is 1. The molecule has 0 bridgehead atoms. The molecule has 1 aromatic heterocycles. The normalized spacial score (nSPS) is 11.3. The largest absolute Gasteiger partial charge is 0.506 e. The number of aromatic hydroxyl groups is 1. The van der Waals surface area contributed by atoms with E-state index in [2.05, 4.69) is 15.5 Å². The van der Waals surface area contributed by atoms with E-state index in [0.29, 0.717) is 5.52 Å². The minimum Gasteiger partial charge on any atom is -0.506 e. The van der Waals surface area contributed by atoms with Gasteiger partial charge in [-0.2, -0.15) is 5.10 Å². The van der Waals surface area contributed by atoms with Gasteiger partial charge in [-0.15, -0.1) is 0 Å². The van der Waals surface area contributed by atoms with Crippen LogP contribution in [0.4, 0.5) is 0 Å². The molecule has 0 spiro atoms. The van der Waals surface area contributed by atoms with E-state index in [-0.39, 0.29) is 18.1 Å². The molecule has 0 saturated carbocycles. The lowest BCUT2D eigenvalue weighted by atomic mass is 10.0. The number of hydrazone groups is 1. The topological polar surface area (TPSA) is 74.6 Å². The van der Waals surface area contributed by atoms with Gasteiger partial charge in [0, 0.05) is 17.1 Å². The Hall–Kier alpha value is -3.73. The molecule has 0 aliphatic heterocycles. The number of nitrogens with one attached hydrogen (secondary N) is 1. The predicted octanol–water partition coefficient (Wildman–Crippen LogP) is 3.79. The number of fused-ring (bicyclic) bond motifs is 2. The lowest BCUT2D eigenvalue weighted by Gasteiger charge is -2.06. The zero-order chi connectivity index (χ0) is 18.6. The fourth-order valence-electron chi connectivity index (χ4n) is 3.13. The van der Waals surface area contributed by atoms with Crippen LogP contribution >= 0.6 is 0 Å². The van der Waals surface area contributed by atoms with Crippen molar-refractivity contribution in [1.82, 2.24) is 10.4 Å². The Morgan fingerprint density at radius 3 is 2.74 bits per heavy atom. The second-order valence-corrected chi connectivity index (χ2v) is 6.18.